The van der Waals surface area contributed by atoms with Crippen LogP contribution in [0, 0.1) is 0 Å². The van der Waals surface area contributed by atoms with Crippen LogP contribution in [-0.4, -0.2) is 67.0 Å². The summed E-state index contributed by atoms with van der Waals surface area (Å²) in [5.41, 5.74) is 1.45. The summed E-state index contributed by atoms with van der Waals surface area (Å²) < 4.78 is 40.9. The Balaban J connectivity index is 1.32. The number of halogens is 3. The summed E-state index contributed by atoms with van der Waals surface area (Å²) in [5.74, 6) is 1.05. The van der Waals surface area contributed by atoms with Crippen molar-refractivity contribution in [2.24, 2.45) is 0 Å². The van der Waals surface area contributed by atoms with E-state index in [1.807, 2.05) is 11.3 Å². The Kier molecular flexibility index (Phi) is 6.03. The second-order valence-corrected chi connectivity index (χ2v) is 8.52. The third kappa shape index (κ3) is 4.58. The van der Waals surface area contributed by atoms with Crippen molar-refractivity contribution in [3.8, 4) is 0 Å². The second kappa shape index (κ2) is 8.51. The highest BCUT2D eigenvalue weighted by Crippen LogP contribution is 2.39. The van der Waals surface area contributed by atoms with E-state index in [0.717, 1.165) is 56.2 Å². The topological polar surface area (TPSA) is 41.5 Å². The van der Waals surface area contributed by atoms with E-state index in [-0.39, 0.29) is 6.61 Å². The monoisotopic (exact) mass is 414 g/mol. The Morgan fingerprint density at radius 2 is 1.86 bits per heavy atom. The van der Waals surface area contributed by atoms with Crippen molar-refractivity contribution in [2.75, 3.05) is 50.8 Å². The molecular formula is C19H25F3N4OS. The Bertz CT molecular complexity index is 802. The van der Waals surface area contributed by atoms with E-state index in [1.54, 1.807) is 6.33 Å². The molecule has 0 radical (unpaired) electrons. The Labute approximate surface area is 166 Å². The van der Waals surface area contributed by atoms with Crippen LogP contribution in [0.4, 0.5) is 19.0 Å². The van der Waals surface area contributed by atoms with Crippen molar-refractivity contribution in [1.29, 1.82) is 0 Å². The molecule has 9 heteroatoms. The van der Waals surface area contributed by atoms with Gasteiger partial charge in [0, 0.05) is 44.2 Å². The molecule has 0 spiro atoms. The lowest BCUT2D eigenvalue weighted by atomic mass is 9.97. The van der Waals surface area contributed by atoms with E-state index in [4.69, 9.17) is 4.74 Å². The first kappa shape index (κ1) is 19.8. The van der Waals surface area contributed by atoms with Crippen molar-refractivity contribution < 1.29 is 17.9 Å². The summed E-state index contributed by atoms with van der Waals surface area (Å²) in [6.45, 7) is 3.27. The first-order valence-electron chi connectivity index (χ1n) is 9.88. The number of ether oxygens (including phenoxy) is 1. The molecule has 3 heterocycles. The van der Waals surface area contributed by atoms with Crippen molar-refractivity contribution in [1.82, 2.24) is 14.9 Å². The maximum Gasteiger partial charge on any atom is 0.411 e. The van der Waals surface area contributed by atoms with E-state index < -0.39 is 12.8 Å². The molecule has 1 aliphatic heterocycles. The number of aryl methyl sites for hydroxylation is 2. The van der Waals surface area contributed by atoms with Gasteiger partial charge >= 0.3 is 6.18 Å². The molecule has 4 rings (SSSR count). The number of rotatable bonds is 6. The van der Waals surface area contributed by atoms with Gasteiger partial charge in [0.25, 0.3) is 0 Å². The standard InChI is InChI=1S/C19H25F3N4OS/c20-19(21,22)12-27-11-3-6-25-7-9-26(10-8-25)17-16-14-4-1-2-5-15(14)28-18(16)24-13-23-17/h13H,1-12H2. The fraction of sp³-hybridized carbons (Fsp3) is 0.684. The highest BCUT2D eigenvalue weighted by molar-refractivity contribution is 7.19. The molecule has 0 unspecified atom stereocenters. The zero-order valence-electron chi connectivity index (χ0n) is 15.8. The van der Waals surface area contributed by atoms with Gasteiger partial charge in [0.15, 0.2) is 0 Å². The van der Waals surface area contributed by atoms with Crippen LogP contribution in [0.15, 0.2) is 6.33 Å². The van der Waals surface area contributed by atoms with Gasteiger partial charge in [0.1, 0.15) is 23.6 Å². The molecule has 1 saturated heterocycles. The number of piperazine rings is 1. The van der Waals surface area contributed by atoms with Crippen LogP contribution in [0.25, 0.3) is 10.2 Å². The van der Waals surface area contributed by atoms with Gasteiger partial charge in [-0.25, -0.2) is 9.97 Å². The normalized spacial score (nSPS) is 18.6. The van der Waals surface area contributed by atoms with E-state index in [2.05, 4.69) is 19.8 Å². The minimum Gasteiger partial charge on any atom is -0.372 e. The predicted molar refractivity (Wildman–Crippen MR) is 104 cm³/mol. The predicted octanol–water partition coefficient (Wildman–Crippen LogP) is 3.66. The van der Waals surface area contributed by atoms with Gasteiger partial charge < -0.3 is 9.64 Å². The smallest absolute Gasteiger partial charge is 0.372 e. The highest BCUT2D eigenvalue weighted by atomic mass is 32.1. The lowest BCUT2D eigenvalue weighted by molar-refractivity contribution is -0.174. The SMILES string of the molecule is FC(F)(F)COCCCN1CCN(c2ncnc3sc4c(c23)CCCC4)CC1. The van der Waals surface area contributed by atoms with E-state index in [9.17, 15) is 13.2 Å². The lowest BCUT2D eigenvalue weighted by Crippen LogP contribution is -2.47. The molecule has 28 heavy (non-hydrogen) atoms. The summed E-state index contributed by atoms with van der Waals surface area (Å²) >= 11 is 1.81. The van der Waals surface area contributed by atoms with Gasteiger partial charge in [-0.3, -0.25) is 4.90 Å². The molecule has 2 aliphatic rings. The van der Waals surface area contributed by atoms with Crippen LogP contribution in [-0.2, 0) is 17.6 Å². The Morgan fingerprint density at radius 3 is 2.64 bits per heavy atom. The van der Waals surface area contributed by atoms with Crippen LogP contribution in [0.5, 0.6) is 0 Å². The molecule has 0 N–H and O–H groups in total. The fourth-order valence-corrected chi connectivity index (χ4v) is 5.30. The van der Waals surface area contributed by atoms with Gasteiger partial charge in [-0.1, -0.05) is 0 Å². The summed E-state index contributed by atoms with van der Waals surface area (Å²) in [4.78, 5) is 16.3. The summed E-state index contributed by atoms with van der Waals surface area (Å²) in [5, 5.41) is 1.25. The summed E-state index contributed by atoms with van der Waals surface area (Å²) in [6, 6.07) is 0. The number of hydrogen-bond donors (Lipinski definition) is 0. The van der Waals surface area contributed by atoms with E-state index >= 15 is 0 Å². The molecule has 0 bridgehead atoms. The molecule has 1 fully saturated rings. The molecule has 0 amide bonds. The average molecular weight is 414 g/mol. The Morgan fingerprint density at radius 1 is 1.07 bits per heavy atom. The maximum absolute atomic E-state index is 12.1. The lowest BCUT2D eigenvalue weighted by Gasteiger charge is -2.35. The van der Waals surface area contributed by atoms with Gasteiger partial charge in [0.05, 0.1) is 5.39 Å². The first-order valence-corrected chi connectivity index (χ1v) is 10.7. The number of aromatic nitrogens is 2. The largest absolute Gasteiger partial charge is 0.411 e. The third-order valence-electron chi connectivity index (χ3n) is 5.43. The van der Waals surface area contributed by atoms with Crippen LogP contribution < -0.4 is 4.90 Å². The molecule has 0 saturated carbocycles. The number of thiophene rings is 1. The Hall–Kier alpha value is -1.45. The molecule has 2 aromatic rings. The second-order valence-electron chi connectivity index (χ2n) is 7.44. The van der Waals surface area contributed by atoms with Gasteiger partial charge in [-0.15, -0.1) is 11.3 Å². The molecule has 2 aromatic heterocycles. The van der Waals surface area contributed by atoms with Crippen LogP contribution in [0.1, 0.15) is 29.7 Å². The van der Waals surface area contributed by atoms with Crippen molar-refractivity contribution in [3.63, 3.8) is 0 Å². The molecule has 0 aromatic carbocycles. The number of alkyl halides is 3. The highest BCUT2D eigenvalue weighted by Gasteiger charge is 2.27. The van der Waals surface area contributed by atoms with Gasteiger partial charge in [0.2, 0.25) is 0 Å². The third-order valence-corrected chi connectivity index (χ3v) is 6.63. The first-order chi connectivity index (χ1) is 13.5. The minimum atomic E-state index is -4.24. The van der Waals surface area contributed by atoms with E-state index in [1.165, 1.54) is 28.7 Å². The van der Waals surface area contributed by atoms with Crippen LogP contribution in [0.2, 0.25) is 0 Å². The molecule has 1 aliphatic carbocycles. The number of nitrogens with zero attached hydrogens (tertiary/aromatic N) is 4. The van der Waals surface area contributed by atoms with Gasteiger partial charge in [-0.05, 0) is 37.7 Å². The van der Waals surface area contributed by atoms with Gasteiger partial charge in [-0.2, -0.15) is 13.2 Å². The van der Waals surface area contributed by atoms with Crippen LogP contribution >= 0.6 is 11.3 Å². The number of fused-ring (bicyclic) bond motifs is 3. The molecule has 154 valence electrons. The van der Waals surface area contributed by atoms with E-state index in [0.29, 0.717) is 6.42 Å². The minimum absolute atomic E-state index is 0.146. The number of anilines is 1. The maximum atomic E-state index is 12.1. The zero-order chi connectivity index (χ0) is 19.6. The molecule has 5 nitrogen and oxygen atoms in total. The molecular weight excluding hydrogens is 389 g/mol. The van der Waals surface area contributed by atoms with Crippen molar-refractivity contribution in [2.45, 2.75) is 38.3 Å². The number of hydrogen-bond acceptors (Lipinski definition) is 6. The molecule has 0 atom stereocenters. The summed E-state index contributed by atoms with van der Waals surface area (Å²) in [7, 11) is 0. The zero-order valence-corrected chi connectivity index (χ0v) is 16.6. The van der Waals surface area contributed by atoms with Crippen molar-refractivity contribution >= 4 is 27.4 Å². The summed E-state index contributed by atoms with van der Waals surface area (Å²) in [6.07, 6.45) is 2.81. The quantitative estimate of drug-likeness (QED) is 0.675. The van der Waals surface area contributed by atoms with Crippen LogP contribution in [0.3, 0.4) is 0 Å². The van der Waals surface area contributed by atoms with Crippen molar-refractivity contribution in [3.05, 3.63) is 16.8 Å². The average Bonchev–Trinajstić information content (AvgIpc) is 3.06. The fourth-order valence-electron chi connectivity index (χ4n) is 4.07.